The van der Waals surface area contributed by atoms with Crippen LogP contribution in [0.2, 0.25) is 0 Å². The van der Waals surface area contributed by atoms with Crippen LogP contribution in [0.25, 0.3) is 11.1 Å². The number of ether oxygens (including phenoxy) is 4. The number of carboxylic acid groups (broad SMARTS) is 2. The number of aliphatic carboxylic acids is 2. The number of para-hydroxylation sites is 1. The number of anilines is 1. The molecule has 0 spiro atoms. The van der Waals surface area contributed by atoms with Crippen LogP contribution in [0.4, 0.5) is 10.1 Å². The zero-order valence-electron chi connectivity index (χ0n) is 31.4. The van der Waals surface area contributed by atoms with Gasteiger partial charge in [-0.3, -0.25) is 4.79 Å². The van der Waals surface area contributed by atoms with Crippen molar-refractivity contribution in [2.45, 2.75) is 86.4 Å². The molecule has 4 unspecified atom stereocenters. The molecule has 0 bridgehead atoms. The number of phenols is 1. The first-order valence-corrected chi connectivity index (χ1v) is 18.9. The Morgan fingerprint density at radius 3 is 1.92 bits per heavy atom. The molecule has 60 heavy (non-hydrogen) atoms. The lowest BCUT2D eigenvalue weighted by atomic mass is 9.77. The van der Waals surface area contributed by atoms with Gasteiger partial charge in [0, 0.05) is 11.3 Å². The smallest absolute Gasteiger partial charge is 0.335 e. The summed E-state index contributed by atoms with van der Waals surface area (Å²) in [6.07, 6.45) is -20.6. The summed E-state index contributed by atoms with van der Waals surface area (Å²) in [6.45, 7) is 0. The molecule has 13 atom stereocenters. The van der Waals surface area contributed by atoms with E-state index in [4.69, 9.17) is 18.9 Å². The van der Waals surface area contributed by atoms with E-state index in [1.165, 1.54) is 35.2 Å². The summed E-state index contributed by atoms with van der Waals surface area (Å²) in [6, 6.07) is 23.8. The highest BCUT2D eigenvalue weighted by molar-refractivity contribution is 6.03. The summed E-state index contributed by atoms with van der Waals surface area (Å²) < 4.78 is 37.2. The normalized spacial score (nSPS) is 30.9. The van der Waals surface area contributed by atoms with Crippen LogP contribution in [-0.4, -0.2) is 125 Å². The Kier molecular flexibility index (Phi) is 12.5. The predicted molar refractivity (Wildman–Crippen MR) is 202 cm³/mol. The highest BCUT2D eigenvalue weighted by Gasteiger charge is 2.52. The van der Waals surface area contributed by atoms with Crippen LogP contribution >= 0.6 is 0 Å². The van der Waals surface area contributed by atoms with Crippen molar-refractivity contribution in [2.75, 3.05) is 4.90 Å². The van der Waals surface area contributed by atoms with E-state index in [0.717, 1.165) is 12.1 Å². The lowest BCUT2D eigenvalue weighted by Crippen LogP contribution is -2.61. The quantitative estimate of drug-likeness (QED) is 0.0866. The molecule has 0 aliphatic carbocycles. The molecule has 3 heterocycles. The van der Waals surface area contributed by atoms with Crippen LogP contribution in [0.1, 0.15) is 36.1 Å². The zero-order valence-corrected chi connectivity index (χ0v) is 31.4. The number of hydrogen-bond donors (Lipinski definition) is 9. The number of rotatable bonds is 13. The van der Waals surface area contributed by atoms with Crippen LogP contribution in [0, 0.1) is 11.7 Å². The topological polar surface area (TPSA) is 273 Å². The first kappa shape index (κ1) is 42.6. The predicted octanol–water partition coefficient (Wildman–Crippen LogP) is 1.60. The van der Waals surface area contributed by atoms with Gasteiger partial charge in [-0.1, -0.05) is 54.6 Å². The molecule has 7 rings (SSSR count). The molecule has 0 aromatic heterocycles. The maximum absolute atomic E-state index is 14.2. The van der Waals surface area contributed by atoms with Crippen LogP contribution in [0.5, 0.6) is 11.5 Å². The molecule has 3 aliphatic rings. The maximum Gasteiger partial charge on any atom is 0.335 e. The second kappa shape index (κ2) is 17.6. The van der Waals surface area contributed by atoms with Crippen molar-refractivity contribution in [1.82, 2.24) is 0 Å². The van der Waals surface area contributed by atoms with Gasteiger partial charge < -0.3 is 69.8 Å². The fourth-order valence-electron chi connectivity index (χ4n) is 7.73. The van der Waals surface area contributed by atoms with Crippen LogP contribution < -0.4 is 9.64 Å². The van der Waals surface area contributed by atoms with E-state index in [0.29, 0.717) is 27.9 Å². The Hall–Kier alpha value is -5.54. The number of halogens is 1. The zero-order chi connectivity index (χ0) is 43.0. The van der Waals surface area contributed by atoms with Crippen LogP contribution in [0.3, 0.4) is 0 Å². The molecule has 318 valence electrons. The van der Waals surface area contributed by atoms with Gasteiger partial charge in [0.05, 0.1) is 18.1 Å². The van der Waals surface area contributed by atoms with Gasteiger partial charge in [0.1, 0.15) is 53.9 Å². The van der Waals surface area contributed by atoms with Gasteiger partial charge >= 0.3 is 11.9 Å². The van der Waals surface area contributed by atoms with E-state index in [2.05, 4.69) is 0 Å². The molecule has 18 heteroatoms. The molecule has 3 fully saturated rings. The summed E-state index contributed by atoms with van der Waals surface area (Å²) in [5, 5.41) is 92.9. The summed E-state index contributed by atoms with van der Waals surface area (Å²) in [4.78, 5) is 39.5. The van der Waals surface area contributed by atoms with Gasteiger partial charge in [0.15, 0.2) is 18.5 Å². The van der Waals surface area contributed by atoms with Gasteiger partial charge in [-0.25, -0.2) is 14.0 Å². The summed E-state index contributed by atoms with van der Waals surface area (Å²) in [7, 11) is 0. The SMILES string of the molecule is O=C(O)C1O[C@@H](Oc2cc(-c3cccc(O)c3)ccc2[C@@H]2[C@@H](CC[C@H](O[C@@H]3OC(C(=O)O)[C@@H](O)[C@H](O)C3O)c3ccc(F)cc3)C(=O)N2c2ccccc2)C(O)[C@@H](O)[C@@H]1O. The number of carboxylic acids is 2. The third-order valence-corrected chi connectivity index (χ3v) is 10.9. The van der Waals surface area contributed by atoms with E-state index >= 15 is 0 Å². The lowest BCUT2D eigenvalue weighted by molar-refractivity contribution is -0.306. The number of carbonyl (C=O) groups excluding carboxylic acids is 1. The standard InChI is InChI=1S/C42H42FNO16/c43-22-12-9-19(10-13-22)27(57-41-34(50)30(46)32(48)36(59-41)39(53)54)16-15-26-29(44(38(26)52)23-6-2-1-3-7-23)25-14-11-21(20-5-4-8-24(45)17-20)18-28(25)58-42-35(51)31(47)33(49)37(60-42)40(55)56/h1-14,17-18,26-27,29-37,41-42,45-51H,15-16H2,(H,53,54)(H,55,56)/t26-,27+,29-,30+,31+,32+,33+,34?,35?,36?,37?,41-,42-/m1/s1. The van der Waals surface area contributed by atoms with Crippen molar-refractivity contribution in [1.29, 1.82) is 0 Å². The minimum Gasteiger partial charge on any atom is -0.508 e. The summed E-state index contributed by atoms with van der Waals surface area (Å²) in [5.41, 5.74) is 2.12. The third kappa shape index (κ3) is 8.42. The third-order valence-electron chi connectivity index (χ3n) is 10.9. The molecule has 0 radical (unpaired) electrons. The number of amides is 1. The number of nitrogens with zero attached hydrogens (tertiary/aromatic N) is 1. The van der Waals surface area contributed by atoms with Crippen LogP contribution in [0.15, 0.2) is 97.1 Å². The number of aromatic hydroxyl groups is 1. The average molecular weight is 836 g/mol. The van der Waals surface area contributed by atoms with Gasteiger partial charge in [-0.05, 0) is 72.0 Å². The Balaban J connectivity index is 1.26. The van der Waals surface area contributed by atoms with Crippen molar-refractivity contribution in [3.8, 4) is 22.6 Å². The van der Waals surface area contributed by atoms with Crippen molar-refractivity contribution in [3.05, 3.63) is 114 Å². The summed E-state index contributed by atoms with van der Waals surface area (Å²) in [5.74, 6) is -5.21. The highest BCUT2D eigenvalue weighted by Crippen LogP contribution is 2.50. The van der Waals surface area contributed by atoms with Crippen LogP contribution in [-0.2, 0) is 28.6 Å². The number of aliphatic hydroxyl groups excluding tert-OH is 6. The number of benzene rings is 4. The molecule has 9 N–H and O–H groups in total. The van der Waals surface area contributed by atoms with Gasteiger partial charge in [-0.2, -0.15) is 0 Å². The first-order chi connectivity index (χ1) is 28.6. The number of carbonyl (C=O) groups is 3. The Morgan fingerprint density at radius 1 is 0.700 bits per heavy atom. The Labute approximate surface area is 340 Å². The number of phenolic OH excluding ortho intramolecular Hbond substituents is 1. The highest BCUT2D eigenvalue weighted by atomic mass is 19.1. The molecule has 0 saturated carbocycles. The fourth-order valence-corrected chi connectivity index (χ4v) is 7.73. The van der Waals surface area contributed by atoms with Crippen molar-refractivity contribution < 1.29 is 83.7 Å². The average Bonchev–Trinajstić information content (AvgIpc) is 3.23. The first-order valence-electron chi connectivity index (χ1n) is 18.9. The number of β-lactam (4-membered cyclic amide) rings is 1. The van der Waals surface area contributed by atoms with E-state index in [1.807, 2.05) is 0 Å². The lowest BCUT2D eigenvalue weighted by Gasteiger charge is -2.48. The molecule has 3 saturated heterocycles. The molecular weight excluding hydrogens is 793 g/mol. The number of aliphatic hydroxyl groups is 6. The second-order valence-electron chi connectivity index (χ2n) is 14.7. The van der Waals surface area contributed by atoms with Gasteiger partial charge in [0.2, 0.25) is 12.2 Å². The minimum absolute atomic E-state index is 0.00747. The molecule has 4 aromatic rings. The monoisotopic (exact) mass is 835 g/mol. The fraction of sp³-hybridized carbons (Fsp3) is 0.357. The molecule has 3 aliphatic heterocycles. The van der Waals surface area contributed by atoms with Crippen molar-refractivity contribution in [3.63, 3.8) is 0 Å². The Morgan fingerprint density at radius 2 is 1.30 bits per heavy atom. The minimum atomic E-state index is -2.00. The second-order valence-corrected chi connectivity index (χ2v) is 14.7. The van der Waals surface area contributed by atoms with E-state index in [-0.39, 0.29) is 30.2 Å². The Bertz CT molecular complexity index is 2180. The van der Waals surface area contributed by atoms with E-state index in [9.17, 15) is 64.7 Å². The van der Waals surface area contributed by atoms with Crippen molar-refractivity contribution >= 4 is 23.5 Å². The summed E-state index contributed by atoms with van der Waals surface area (Å²) >= 11 is 0. The van der Waals surface area contributed by atoms with E-state index < -0.39 is 97.2 Å². The van der Waals surface area contributed by atoms with Gasteiger partial charge in [-0.15, -0.1) is 0 Å². The molecular formula is C42H42FNO16. The van der Waals surface area contributed by atoms with Gasteiger partial charge in [0.25, 0.3) is 0 Å². The molecule has 1 amide bonds. The molecule has 17 nitrogen and oxygen atoms in total. The largest absolute Gasteiger partial charge is 0.508 e. The molecule has 4 aromatic carbocycles. The number of hydrogen-bond acceptors (Lipinski definition) is 14. The van der Waals surface area contributed by atoms with Crippen molar-refractivity contribution in [2.24, 2.45) is 5.92 Å². The maximum atomic E-state index is 14.2. The van der Waals surface area contributed by atoms with E-state index in [1.54, 1.807) is 54.6 Å².